The number of hydrogen-bond donors (Lipinski definition) is 0. The van der Waals surface area contributed by atoms with E-state index in [2.05, 4.69) is 95.6 Å². The zero-order valence-corrected chi connectivity index (χ0v) is 17.6. The van der Waals surface area contributed by atoms with Crippen molar-refractivity contribution in [3.8, 4) is 0 Å². The molecule has 0 N–H and O–H groups in total. The van der Waals surface area contributed by atoms with Gasteiger partial charge in [0.25, 0.3) is 0 Å². The minimum atomic E-state index is 0.945. The monoisotopic (exact) mass is 602 g/mol. The van der Waals surface area contributed by atoms with Gasteiger partial charge in [-0.2, -0.15) is 0 Å². The fraction of sp³-hybridized carbons (Fsp3) is 0.400. The van der Waals surface area contributed by atoms with Crippen LogP contribution in [0.1, 0.15) is 11.1 Å². The molecule has 0 saturated heterocycles. The van der Waals surface area contributed by atoms with Gasteiger partial charge in [0.1, 0.15) is 0 Å². The third-order valence-electron chi connectivity index (χ3n) is 2.13. The molecule has 0 aliphatic heterocycles. The van der Waals surface area contributed by atoms with Crippen LogP contribution in [-0.2, 0) is 12.8 Å². The summed E-state index contributed by atoms with van der Waals surface area (Å²) in [4.78, 5) is 0. The summed E-state index contributed by atoms with van der Waals surface area (Å²) in [7, 11) is 0. The molecule has 0 spiro atoms. The maximum absolute atomic E-state index is 3.65. The van der Waals surface area contributed by atoms with Gasteiger partial charge in [0, 0.05) is 28.6 Å². The summed E-state index contributed by atoms with van der Waals surface area (Å²) >= 11 is 21.6. The first-order valence-electron chi connectivity index (χ1n) is 4.50. The van der Waals surface area contributed by atoms with E-state index in [9.17, 15) is 0 Å². The van der Waals surface area contributed by atoms with Gasteiger partial charge >= 0.3 is 0 Å². The molecular formula is C10H8Br6. The summed E-state index contributed by atoms with van der Waals surface area (Å²) in [6.07, 6.45) is 1.96. The highest BCUT2D eigenvalue weighted by Crippen LogP contribution is 2.42. The maximum atomic E-state index is 3.65. The molecule has 0 nitrogen and oxygen atoms in total. The van der Waals surface area contributed by atoms with Gasteiger partial charge < -0.3 is 0 Å². The van der Waals surface area contributed by atoms with Crippen molar-refractivity contribution in [2.75, 3.05) is 10.7 Å². The van der Waals surface area contributed by atoms with E-state index >= 15 is 0 Å². The minimum Gasteiger partial charge on any atom is -0.0924 e. The van der Waals surface area contributed by atoms with E-state index in [-0.39, 0.29) is 0 Å². The van der Waals surface area contributed by atoms with Crippen LogP contribution in [0, 0.1) is 0 Å². The van der Waals surface area contributed by atoms with Crippen molar-refractivity contribution < 1.29 is 0 Å². The Balaban J connectivity index is 3.37. The Morgan fingerprint density at radius 2 is 0.812 bits per heavy atom. The SMILES string of the molecule is BrCCc1c(Br)c(Br)c(CCBr)c(Br)c1Br. The fourth-order valence-electron chi connectivity index (χ4n) is 1.35. The van der Waals surface area contributed by atoms with E-state index in [1.54, 1.807) is 0 Å². The average molecular weight is 608 g/mol. The van der Waals surface area contributed by atoms with Crippen molar-refractivity contribution >= 4 is 95.6 Å². The summed E-state index contributed by atoms with van der Waals surface area (Å²) in [5.41, 5.74) is 2.54. The van der Waals surface area contributed by atoms with Gasteiger partial charge in [0.2, 0.25) is 0 Å². The highest BCUT2D eigenvalue weighted by Gasteiger charge is 2.17. The molecule has 1 aromatic rings. The number of rotatable bonds is 4. The maximum Gasteiger partial charge on any atom is 0.0364 e. The first kappa shape index (κ1) is 16.2. The third kappa shape index (κ3) is 3.56. The van der Waals surface area contributed by atoms with Crippen molar-refractivity contribution in [1.29, 1.82) is 0 Å². The molecule has 1 aromatic carbocycles. The Hall–Kier alpha value is 2.10. The van der Waals surface area contributed by atoms with Gasteiger partial charge in [-0.3, -0.25) is 0 Å². The molecule has 0 amide bonds. The first-order valence-corrected chi connectivity index (χ1v) is 9.91. The molecule has 0 fully saturated rings. The molecule has 6 heteroatoms. The Bertz CT molecular complexity index is 321. The van der Waals surface area contributed by atoms with Crippen LogP contribution in [0.4, 0.5) is 0 Å². The first-order chi connectivity index (χ1) is 7.54. The molecule has 0 bridgehead atoms. The molecular weight excluding hydrogens is 600 g/mol. The Labute approximate surface area is 146 Å². The molecule has 0 atom stereocenters. The third-order valence-corrected chi connectivity index (χ3v) is 7.49. The summed E-state index contributed by atoms with van der Waals surface area (Å²) in [6.45, 7) is 0. The largest absolute Gasteiger partial charge is 0.0924 e. The summed E-state index contributed by atoms with van der Waals surface area (Å²) in [6, 6.07) is 0. The average Bonchev–Trinajstić information content (AvgIpc) is 2.28. The van der Waals surface area contributed by atoms with E-state index < -0.39 is 0 Å². The molecule has 0 aliphatic rings. The van der Waals surface area contributed by atoms with Crippen molar-refractivity contribution in [3.63, 3.8) is 0 Å². The van der Waals surface area contributed by atoms with E-state index in [4.69, 9.17) is 0 Å². The summed E-state index contributed by atoms with van der Waals surface area (Å²) < 4.78 is 4.55. The van der Waals surface area contributed by atoms with Crippen LogP contribution < -0.4 is 0 Å². The molecule has 0 aromatic heterocycles. The normalized spacial score (nSPS) is 10.9. The van der Waals surface area contributed by atoms with E-state index in [0.717, 1.165) is 41.4 Å². The molecule has 0 unspecified atom stereocenters. The van der Waals surface area contributed by atoms with Gasteiger partial charge in [-0.15, -0.1) is 0 Å². The second-order valence-corrected chi connectivity index (χ2v) is 7.85. The van der Waals surface area contributed by atoms with Crippen LogP contribution in [0.15, 0.2) is 17.9 Å². The smallest absolute Gasteiger partial charge is 0.0364 e. The molecule has 0 saturated carbocycles. The molecule has 0 aliphatic carbocycles. The van der Waals surface area contributed by atoms with Gasteiger partial charge in [-0.25, -0.2) is 0 Å². The van der Waals surface area contributed by atoms with Crippen molar-refractivity contribution in [2.45, 2.75) is 12.8 Å². The van der Waals surface area contributed by atoms with E-state index in [1.165, 1.54) is 11.1 Å². The van der Waals surface area contributed by atoms with Gasteiger partial charge in [-0.1, -0.05) is 31.9 Å². The Kier molecular flexibility index (Phi) is 7.71. The zero-order valence-electron chi connectivity index (χ0n) is 8.10. The highest BCUT2D eigenvalue weighted by atomic mass is 79.9. The van der Waals surface area contributed by atoms with Crippen LogP contribution in [0.5, 0.6) is 0 Å². The standard InChI is InChI=1S/C10H8Br6/c11-3-1-5-7(13)9(15)6(2-4-12)10(16)8(5)14/h1-4H2. The summed E-state index contributed by atoms with van der Waals surface area (Å²) in [5, 5.41) is 1.89. The highest BCUT2D eigenvalue weighted by molar-refractivity contribution is 9.14. The van der Waals surface area contributed by atoms with E-state index in [0.29, 0.717) is 0 Å². The topological polar surface area (TPSA) is 0 Å². The van der Waals surface area contributed by atoms with Crippen molar-refractivity contribution in [1.82, 2.24) is 0 Å². The van der Waals surface area contributed by atoms with Crippen LogP contribution in [0.3, 0.4) is 0 Å². The second kappa shape index (κ2) is 7.63. The van der Waals surface area contributed by atoms with Crippen molar-refractivity contribution in [3.05, 3.63) is 29.0 Å². The van der Waals surface area contributed by atoms with Gasteiger partial charge in [0.15, 0.2) is 0 Å². The number of benzene rings is 1. The zero-order chi connectivity index (χ0) is 12.3. The minimum absolute atomic E-state index is 0.945. The van der Waals surface area contributed by atoms with Gasteiger partial charge in [-0.05, 0) is 87.7 Å². The second-order valence-electron chi connectivity index (χ2n) is 3.09. The van der Waals surface area contributed by atoms with Crippen LogP contribution in [-0.4, -0.2) is 10.7 Å². The molecule has 0 radical (unpaired) electrons. The molecule has 16 heavy (non-hydrogen) atoms. The summed E-state index contributed by atoms with van der Waals surface area (Å²) in [5.74, 6) is 0. The molecule has 0 heterocycles. The van der Waals surface area contributed by atoms with Crippen molar-refractivity contribution in [2.24, 2.45) is 0 Å². The van der Waals surface area contributed by atoms with E-state index in [1.807, 2.05) is 0 Å². The lowest BCUT2D eigenvalue weighted by Crippen LogP contribution is -1.99. The number of hydrogen-bond acceptors (Lipinski definition) is 0. The lowest BCUT2D eigenvalue weighted by Gasteiger charge is -2.15. The fourth-order valence-corrected chi connectivity index (χ4v) is 5.22. The Morgan fingerprint density at radius 1 is 0.562 bits per heavy atom. The lowest BCUT2D eigenvalue weighted by molar-refractivity contribution is 1.07. The predicted molar refractivity (Wildman–Crippen MR) is 92.2 cm³/mol. The molecule has 90 valence electrons. The Morgan fingerprint density at radius 3 is 1.00 bits per heavy atom. The van der Waals surface area contributed by atoms with Crippen LogP contribution in [0.2, 0.25) is 0 Å². The van der Waals surface area contributed by atoms with Gasteiger partial charge in [0.05, 0.1) is 0 Å². The van der Waals surface area contributed by atoms with Crippen LogP contribution in [0.25, 0.3) is 0 Å². The molecule has 1 rings (SSSR count). The number of halogens is 6. The van der Waals surface area contributed by atoms with Crippen LogP contribution >= 0.6 is 95.6 Å². The lowest BCUT2D eigenvalue weighted by atomic mass is 10.1. The quantitative estimate of drug-likeness (QED) is 0.267. The number of alkyl halides is 2. The predicted octanol–water partition coefficient (Wildman–Crippen LogP) is 6.61.